The van der Waals surface area contributed by atoms with Crippen molar-refractivity contribution >= 4 is 0 Å². The molecule has 0 aliphatic carbocycles. The van der Waals surface area contributed by atoms with Gasteiger partial charge in [0.05, 0.1) is 6.54 Å². The predicted octanol–water partition coefficient (Wildman–Crippen LogP) is 10.6. The minimum Gasteiger partial charge on any atom is -0.234 e. The van der Waals surface area contributed by atoms with Crippen molar-refractivity contribution in [2.75, 3.05) is 0 Å². The fourth-order valence-corrected chi connectivity index (χ4v) is 5.63. The number of imidazole rings is 1. The zero-order chi connectivity index (χ0) is 26.2. The maximum absolute atomic E-state index is 2.57. The summed E-state index contributed by atoms with van der Waals surface area (Å²) < 4.78 is 5.09. The summed E-state index contributed by atoms with van der Waals surface area (Å²) in [5, 5.41) is 0. The van der Waals surface area contributed by atoms with Crippen molar-refractivity contribution < 1.29 is 4.57 Å². The molecule has 0 atom stereocenters. The van der Waals surface area contributed by atoms with Gasteiger partial charge in [0.25, 0.3) is 5.82 Å². The van der Waals surface area contributed by atoms with Crippen LogP contribution in [0.3, 0.4) is 0 Å². The Kier molecular flexibility index (Phi) is 19.2. The van der Waals surface area contributed by atoms with Crippen LogP contribution in [0.25, 0.3) is 0 Å². The van der Waals surface area contributed by atoms with Crippen LogP contribution in [0.15, 0.2) is 42.7 Å². The molecule has 0 aliphatic rings. The van der Waals surface area contributed by atoms with Crippen molar-refractivity contribution in [3.8, 4) is 0 Å². The Hall–Kier alpha value is -1.57. The Bertz CT molecular complexity index is 748. The molecule has 0 spiro atoms. The molecule has 0 N–H and O–H groups in total. The third kappa shape index (κ3) is 15.4. The minimum atomic E-state index is 0.999. The number of aryl methyl sites for hydroxylation is 1. The third-order valence-electron chi connectivity index (χ3n) is 8.04. The average molecular weight is 510 g/mol. The van der Waals surface area contributed by atoms with Gasteiger partial charge >= 0.3 is 0 Å². The molecule has 0 bridgehead atoms. The van der Waals surface area contributed by atoms with Crippen molar-refractivity contribution in [2.45, 2.75) is 168 Å². The highest BCUT2D eigenvalue weighted by Gasteiger charge is 2.17. The van der Waals surface area contributed by atoms with Gasteiger partial charge in [-0.25, -0.2) is 9.13 Å². The van der Waals surface area contributed by atoms with Gasteiger partial charge in [-0.05, 0) is 24.8 Å². The van der Waals surface area contributed by atoms with Crippen molar-refractivity contribution in [1.29, 1.82) is 0 Å². The molecule has 1 aromatic heterocycles. The summed E-state index contributed by atoms with van der Waals surface area (Å²) in [6.45, 7) is 6.79. The molecular weight excluding hydrogens is 448 g/mol. The van der Waals surface area contributed by atoms with Gasteiger partial charge in [-0.2, -0.15) is 0 Å². The van der Waals surface area contributed by atoms with Crippen LogP contribution < -0.4 is 4.57 Å². The molecule has 0 fully saturated rings. The highest BCUT2D eigenvalue weighted by atomic mass is 15.1. The van der Waals surface area contributed by atoms with Crippen LogP contribution in [0.1, 0.15) is 160 Å². The second-order valence-electron chi connectivity index (χ2n) is 11.5. The van der Waals surface area contributed by atoms with Crippen LogP contribution in [-0.2, 0) is 19.5 Å². The minimum absolute atomic E-state index is 0.999. The second-order valence-corrected chi connectivity index (χ2v) is 11.5. The summed E-state index contributed by atoms with van der Waals surface area (Å²) in [5.41, 5.74) is 1.41. The van der Waals surface area contributed by atoms with Crippen LogP contribution in [0, 0.1) is 0 Å². The predicted molar refractivity (Wildman–Crippen MR) is 162 cm³/mol. The molecule has 0 unspecified atom stereocenters. The standard InChI is InChI=1S/C35H61N2/c1-3-5-7-9-11-13-15-16-18-20-25-29-35-36(30-26-21-19-17-14-12-10-8-6-4-2)31-32-37(35)33-34-27-23-22-24-28-34/h22-24,27-28,31-32H,3-21,25-26,29-30,33H2,1-2H3/q+1. The number of hydrogen-bond acceptors (Lipinski definition) is 0. The van der Waals surface area contributed by atoms with E-state index in [1.165, 1.54) is 159 Å². The first-order valence-electron chi connectivity index (χ1n) is 16.5. The fourth-order valence-electron chi connectivity index (χ4n) is 5.63. The van der Waals surface area contributed by atoms with Crippen molar-refractivity contribution in [2.24, 2.45) is 0 Å². The molecule has 1 heterocycles. The first-order valence-corrected chi connectivity index (χ1v) is 16.5. The van der Waals surface area contributed by atoms with Crippen LogP contribution in [0.2, 0.25) is 0 Å². The van der Waals surface area contributed by atoms with Gasteiger partial charge in [-0.15, -0.1) is 0 Å². The first-order chi connectivity index (χ1) is 18.3. The second kappa shape index (κ2) is 22.4. The highest BCUT2D eigenvalue weighted by molar-refractivity contribution is 5.13. The van der Waals surface area contributed by atoms with E-state index in [1.54, 1.807) is 0 Å². The summed E-state index contributed by atoms with van der Waals surface area (Å²) in [7, 11) is 0. The molecule has 210 valence electrons. The van der Waals surface area contributed by atoms with Crippen LogP contribution in [0.4, 0.5) is 0 Å². The lowest BCUT2D eigenvalue weighted by atomic mass is 10.1. The van der Waals surface area contributed by atoms with Gasteiger partial charge in [0.15, 0.2) is 0 Å². The van der Waals surface area contributed by atoms with E-state index in [4.69, 9.17) is 0 Å². The van der Waals surface area contributed by atoms with E-state index in [1.807, 2.05) is 0 Å². The Morgan fingerprint density at radius 3 is 1.51 bits per heavy atom. The topological polar surface area (TPSA) is 8.81 Å². The van der Waals surface area contributed by atoms with E-state index in [2.05, 4.69) is 65.7 Å². The molecule has 0 saturated heterocycles. The van der Waals surface area contributed by atoms with Crippen molar-refractivity contribution in [3.05, 3.63) is 54.1 Å². The molecule has 1 aromatic carbocycles. The van der Waals surface area contributed by atoms with Crippen molar-refractivity contribution in [3.63, 3.8) is 0 Å². The smallest absolute Gasteiger partial charge is 0.234 e. The van der Waals surface area contributed by atoms with Crippen LogP contribution >= 0.6 is 0 Å². The zero-order valence-corrected chi connectivity index (χ0v) is 24.9. The largest absolute Gasteiger partial charge is 0.256 e. The monoisotopic (exact) mass is 509 g/mol. The number of nitrogens with zero attached hydrogens (tertiary/aromatic N) is 2. The van der Waals surface area contributed by atoms with E-state index in [-0.39, 0.29) is 0 Å². The van der Waals surface area contributed by atoms with E-state index in [0.717, 1.165) is 6.54 Å². The molecule has 2 rings (SSSR count). The van der Waals surface area contributed by atoms with Crippen LogP contribution in [-0.4, -0.2) is 4.57 Å². The molecular formula is C35H61N2+. The SMILES string of the molecule is CCCCCCCCCCCCCc1n(CCCCCCCCCCCC)cc[n+]1Cc1ccccc1. The van der Waals surface area contributed by atoms with E-state index in [9.17, 15) is 0 Å². The molecule has 37 heavy (non-hydrogen) atoms. The maximum Gasteiger partial charge on any atom is 0.256 e. The number of aromatic nitrogens is 2. The molecule has 0 saturated carbocycles. The van der Waals surface area contributed by atoms with Gasteiger partial charge in [0.2, 0.25) is 0 Å². The summed E-state index contributed by atoms with van der Waals surface area (Å²) in [4.78, 5) is 0. The Balaban J connectivity index is 1.69. The molecule has 0 radical (unpaired) electrons. The van der Waals surface area contributed by atoms with Gasteiger partial charge < -0.3 is 0 Å². The summed E-state index contributed by atoms with van der Waals surface area (Å²) in [5.74, 6) is 1.54. The number of unbranched alkanes of at least 4 members (excludes halogenated alkanes) is 19. The summed E-state index contributed by atoms with van der Waals surface area (Å²) in [6.07, 6.45) is 35.5. The zero-order valence-electron chi connectivity index (χ0n) is 24.9. The molecule has 2 nitrogen and oxygen atoms in total. The van der Waals surface area contributed by atoms with E-state index in [0.29, 0.717) is 0 Å². The Morgan fingerprint density at radius 1 is 0.541 bits per heavy atom. The lowest BCUT2D eigenvalue weighted by Gasteiger charge is -2.07. The highest BCUT2D eigenvalue weighted by Crippen LogP contribution is 2.14. The number of benzene rings is 1. The van der Waals surface area contributed by atoms with E-state index >= 15 is 0 Å². The van der Waals surface area contributed by atoms with Crippen LogP contribution in [0.5, 0.6) is 0 Å². The van der Waals surface area contributed by atoms with Gasteiger partial charge in [-0.3, -0.25) is 0 Å². The first kappa shape index (κ1) is 31.6. The lowest BCUT2D eigenvalue weighted by molar-refractivity contribution is -0.695. The number of hydrogen-bond donors (Lipinski definition) is 0. The third-order valence-corrected chi connectivity index (χ3v) is 8.04. The average Bonchev–Trinajstić information content (AvgIpc) is 3.29. The fraction of sp³-hybridized carbons (Fsp3) is 0.743. The van der Waals surface area contributed by atoms with Gasteiger partial charge in [0.1, 0.15) is 18.9 Å². The molecule has 0 aliphatic heterocycles. The quantitative estimate of drug-likeness (QED) is 0.0929. The number of rotatable bonds is 25. The summed E-state index contributed by atoms with van der Waals surface area (Å²) in [6, 6.07) is 11.0. The Labute approximate surface area is 231 Å². The molecule has 2 aromatic rings. The van der Waals surface area contributed by atoms with Gasteiger partial charge in [0, 0.05) is 6.42 Å². The normalized spacial score (nSPS) is 11.4. The molecule has 0 amide bonds. The van der Waals surface area contributed by atoms with E-state index < -0.39 is 0 Å². The Morgan fingerprint density at radius 2 is 1.00 bits per heavy atom. The maximum atomic E-state index is 2.57. The molecule has 2 heteroatoms. The van der Waals surface area contributed by atoms with Crippen molar-refractivity contribution in [1.82, 2.24) is 4.57 Å². The lowest BCUT2D eigenvalue weighted by Crippen LogP contribution is -2.37. The van der Waals surface area contributed by atoms with Gasteiger partial charge in [-0.1, -0.05) is 160 Å². The summed E-state index contributed by atoms with van der Waals surface area (Å²) >= 11 is 0.